The Morgan fingerprint density at radius 1 is 1.09 bits per heavy atom. The van der Waals surface area contributed by atoms with Crippen LogP contribution in [0.5, 0.6) is 0 Å². The zero-order valence-corrected chi connectivity index (χ0v) is 13.4. The van der Waals surface area contributed by atoms with Gasteiger partial charge in [0, 0.05) is 12.6 Å². The number of hydrogen-bond acceptors (Lipinski definition) is 7. The summed E-state index contributed by atoms with van der Waals surface area (Å²) in [5.41, 5.74) is 11.1. The average molecular weight is 322 g/mol. The van der Waals surface area contributed by atoms with E-state index in [0.717, 1.165) is 19.4 Å². The molecule has 2 aliphatic rings. The lowest BCUT2D eigenvalue weighted by Crippen LogP contribution is -2.50. The number of piperidine rings is 1. The van der Waals surface area contributed by atoms with Crippen LogP contribution in [0.1, 0.15) is 38.5 Å². The fourth-order valence-corrected chi connectivity index (χ4v) is 4.33. The van der Waals surface area contributed by atoms with Crippen LogP contribution in [0.3, 0.4) is 0 Å². The summed E-state index contributed by atoms with van der Waals surface area (Å²) in [6, 6.07) is 0.434. The van der Waals surface area contributed by atoms with Crippen molar-refractivity contribution in [3.05, 3.63) is 0 Å². The molecule has 22 heavy (non-hydrogen) atoms. The Hall–Kier alpha value is -1.57. The first-order valence-corrected chi connectivity index (χ1v) is 8.81. The predicted molar refractivity (Wildman–Crippen MR) is 86.1 cm³/mol. The molecule has 1 aliphatic heterocycles. The van der Waals surface area contributed by atoms with Crippen LogP contribution < -0.4 is 11.5 Å². The van der Waals surface area contributed by atoms with Crippen molar-refractivity contribution in [3.63, 3.8) is 0 Å². The SMILES string of the molecule is Nc1nc(N)nc(SCC(=O)N2CCC[C@H]3CCCC[C@@H]32)n1. The van der Waals surface area contributed by atoms with Gasteiger partial charge in [0.15, 0.2) is 5.16 Å². The number of carbonyl (C=O) groups is 1. The van der Waals surface area contributed by atoms with Crippen molar-refractivity contribution < 1.29 is 4.79 Å². The van der Waals surface area contributed by atoms with Crippen molar-refractivity contribution in [3.8, 4) is 0 Å². The standard InChI is InChI=1S/C14H22N6OS/c15-12-17-13(16)19-14(18-12)22-8-11(21)20-7-3-5-9-4-1-2-6-10(9)20/h9-10H,1-8H2,(H4,15,16,17,18,19)/t9-,10+/m1/s1. The van der Waals surface area contributed by atoms with E-state index >= 15 is 0 Å². The highest BCUT2D eigenvalue weighted by molar-refractivity contribution is 7.99. The summed E-state index contributed by atoms with van der Waals surface area (Å²) < 4.78 is 0. The molecule has 2 fully saturated rings. The zero-order valence-electron chi connectivity index (χ0n) is 12.6. The van der Waals surface area contributed by atoms with Gasteiger partial charge >= 0.3 is 0 Å². The van der Waals surface area contributed by atoms with E-state index in [1.54, 1.807) is 0 Å². The number of amides is 1. The van der Waals surface area contributed by atoms with Gasteiger partial charge in [-0.15, -0.1) is 0 Å². The number of nitrogen functional groups attached to an aromatic ring is 2. The molecule has 2 atom stereocenters. The van der Waals surface area contributed by atoms with Gasteiger partial charge in [-0.1, -0.05) is 24.6 Å². The molecule has 0 unspecified atom stereocenters. The van der Waals surface area contributed by atoms with Crippen LogP contribution >= 0.6 is 11.8 Å². The molecule has 0 radical (unpaired) electrons. The molecule has 0 aromatic carbocycles. The van der Waals surface area contributed by atoms with Crippen LogP contribution in [0.2, 0.25) is 0 Å². The van der Waals surface area contributed by atoms with E-state index in [1.807, 2.05) is 0 Å². The number of thioether (sulfide) groups is 1. The minimum atomic E-state index is 0.0905. The molecule has 3 rings (SSSR count). The molecule has 0 spiro atoms. The lowest BCUT2D eigenvalue weighted by molar-refractivity contribution is -0.134. The molecule has 0 bridgehead atoms. The number of anilines is 2. The number of rotatable bonds is 3. The highest BCUT2D eigenvalue weighted by Crippen LogP contribution is 2.35. The normalized spacial score (nSPS) is 24.8. The molecule has 1 aromatic rings. The van der Waals surface area contributed by atoms with Crippen LogP contribution in [0.4, 0.5) is 11.9 Å². The highest BCUT2D eigenvalue weighted by Gasteiger charge is 2.35. The van der Waals surface area contributed by atoms with Crippen LogP contribution in [0.25, 0.3) is 0 Å². The Bertz CT molecular complexity index is 532. The van der Waals surface area contributed by atoms with Gasteiger partial charge in [-0.2, -0.15) is 15.0 Å². The largest absolute Gasteiger partial charge is 0.368 e. The van der Waals surface area contributed by atoms with Crippen LogP contribution in [-0.2, 0) is 4.79 Å². The summed E-state index contributed by atoms with van der Waals surface area (Å²) in [6.45, 7) is 0.877. The average Bonchev–Trinajstić information content (AvgIpc) is 2.51. The fraction of sp³-hybridized carbons (Fsp3) is 0.714. The van der Waals surface area contributed by atoms with E-state index in [-0.39, 0.29) is 17.8 Å². The van der Waals surface area contributed by atoms with Gasteiger partial charge in [0.05, 0.1) is 5.75 Å². The second-order valence-corrected chi connectivity index (χ2v) is 6.91. The third-order valence-electron chi connectivity index (χ3n) is 4.54. The van der Waals surface area contributed by atoms with E-state index in [4.69, 9.17) is 11.5 Å². The van der Waals surface area contributed by atoms with E-state index in [0.29, 0.717) is 22.9 Å². The summed E-state index contributed by atoms with van der Waals surface area (Å²) in [6.07, 6.45) is 7.33. The Balaban J connectivity index is 1.61. The molecule has 120 valence electrons. The Kier molecular flexibility index (Phi) is 4.66. The third-order valence-corrected chi connectivity index (χ3v) is 5.37. The van der Waals surface area contributed by atoms with E-state index < -0.39 is 0 Å². The van der Waals surface area contributed by atoms with Gasteiger partial charge in [-0.25, -0.2) is 0 Å². The van der Waals surface area contributed by atoms with E-state index in [2.05, 4.69) is 19.9 Å². The lowest BCUT2D eigenvalue weighted by Gasteiger charge is -2.44. The van der Waals surface area contributed by atoms with E-state index in [1.165, 1.54) is 37.4 Å². The summed E-state index contributed by atoms with van der Waals surface area (Å²) in [5.74, 6) is 1.37. The van der Waals surface area contributed by atoms with Gasteiger partial charge in [-0.3, -0.25) is 4.79 Å². The fourth-order valence-electron chi connectivity index (χ4n) is 3.60. The maximum atomic E-state index is 12.6. The molecule has 1 saturated carbocycles. The summed E-state index contributed by atoms with van der Waals surface area (Å²) >= 11 is 1.28. The van der Waals surface area contributed by atoms with E-state index in [9.17, 15) is 4.79 Å². The van der Waals surface area contributed by atoms with Crippen LogP contribution in [0.15, 0.2) is 5.16 Å². The summed E-state index contributed by atoms with van der Waals surface area (Å²) in [4.78, 5) is 26.4. The van der Waals surface area contributed by atoms with Crippen molar-refractivity contribution in [2.75, 3.05) is 23.8 Å². The molecule has 2 heterocycles. The minimum Gasteiger partial charge on any atom is -0.368 e. The quantitative estimate of drug-likeness (QED) is 0.807. The first-order chi connectivity index (χ1) is 10.6. The number of aromatic nitrogens is 3. The second-order valence-electron chi connectivity index (χ2n) is 5.96. The summed E-state index contributed by atoms with van der Waals surface area (Å²) in [5, 5.41) is 0.413. The molecule has 7 nitrogen and oxygen atoms in total. The van der Waals surface area contributed by atoms with Crippen molar-refractivity contribution in [2.45, 2.75) is 49.7 Å². The Morgan fingerprint density at radius 2 is 1.77 bits per heavy atom. The number of likely N-dealkylation sites (tertiary alicyclic amines) is 1. The van der Waals surface area contributed by atoms with Gasteiger partial charge in [0.1, 0.15) is 0 Å². The van der Waals surface area contributed by atoms with Crippen LogP contribution in [0, 0.1) is 5.92 Å². The first-order valence-electron chi connectivity index (χ1n) is 7.83. The number of nitrogens with zero attached hydrogens (tertiary/aromatic N) is 4. The number of carbonyl (C=O) groups excluding carboxylic acids is 1. The zero-order chi connectivity index (χ0) is 15.5. The van der Waals surface area contributed by atoms with Crippen LogP contribution in [-0.4, -0.2) is 44.1 Å². The van der Waals surface area contributed by atoms with Gasteiger partial charge in [-0.05, 0) is 31.6 Å². The molecule has 1 aromatic heterocycles. The van der Waals surface area contributed by atoms with Crippen molar-refractivity contribution >= 4 is 29.6 Å². The maximum absolute atomic E-state index is 12.6. The monoisotopic (exact) mass is 322 g/mol. The molecule has 4 N–H and O–H groups in total. The summed E-state index contributed by atoms with van der Waals surface area (Å²) in [7, 11) is 0. The topological polar surface area (TPSA) is 111 Å². The predicted octanol–water partition coefficient (Wildman–Crippen LogP) is 1.31. The molecular formula is C14H22N6OS. The van der Waals surface area contributed by atoms with Crippen molar-refractivity contribution in [2.24, 2.45) is 5.92 Å². The van der Waals surface area contributed by atoms with Gasteiger partial charge in [0.2, 0.25) is 17.8 Å². The highest BCUT2D eigenvalue weighted by atomic mass is 32.2. The van der Waals surface area contributed by atoms with Gasteiger partial charge in [0.25, 0.3) is 0 Å². The molecule has 1 amide bonds. The van der Waals surface area contributed by atoms with Gasteiger partial charge < -0.3 is 16.4 Å². The Morgan fingerprint density at radius 3 is 2.55 bits per heavy atom. The smallest absolute Gasteiger partial charge is 0.233 e. The van der Waals surface area contributed by atoms with Crippen molar-refractivity contribution in [1.82, 2.24) is 19.9 Å². The van der Waals surface area contributed by atoms with Crippen molar-refractivity contribution in [1.29, 1.82) is 0 Å². The molecule has 8 heteroatoms. The Labute approximate surface area is 134 Å². The number of hydrogen-bond donors (Lipinski definition) is 2. The molecular weight excluding hydrogens is 300 g/mol. The first kappa shape index (κ1) is 15.3. The number of fused-ring (bicyclic) bond motifs is 1. The molecule has 1 aliphatic carbocycles. The number of nitrogens with two attached hydrogens (primary N) is 2. The molecule has 1 saturated heterocycles. The minimum absolute atomic E-state index is 0.0905. The second kappa shape index (κ2) is 6.68. The third kappa shape index (κ3) is 3.43. The maximum Gasteiger partial charge on any atom is 0.233 e. The lowest BCUT2D eigenvalue weighted by atomic mass is 9.78.